The van der Waals surface area contributed by atoms with Gasteiger partial charge in [-0.1, -0.05) is 0 Å². The van der Waals surface area contributed by atoms with Crippen LogP contribution in [-0.2, 0) is 9.53 Å². The molecule has 2 rings (SSSR count). The highest BCUT2D eigenvalue weighted by molar-refractivity contribution is 5.75. The number of nitrogens with one attached hydrogen (secondary N) is 1. The van der Waals surface area contributed by atoms with Crippen molar-refractivity contribution in [3.05, 3.63) is 0 Å². The van der Waals surface area contributed by atoms with Crippen molar-refractivity contribution in [1.29, 1.82) is 0 Å². The van der Waals surface area contributed by atoms with Crippen LogP contribution in [0, 0.1) is 5.92 Å². The van der Waals surface area contributed by atoms with Crippen molar-refractivity contribution < 1.29 is 19.4 Å². The van der Waals surface area contributed by atoms with Crippen molar-refractivity contribution in [2.75, 3.05) is 26.3 Å². The highest BCUT2D eigenvalue weighted by Crippen LogP contribution is 2.20. The summed E-state index contributed by atoms with van der Waals surface area (Å²) in [5.74, 6) is -0.691. The summed E-state index contributed by atoms with van der Waals surface area (Å²) in [6.07, 6.45) is 3.66. The fraction of sp³-hybridized carbons (Fsp3) is 0.846. The van der Waals surface area contributed by atoms with Gasteiger partial charge in [-0.15, -0.1) is 0 Å². The van der Waals surface area contributed by atoms with Gasteiger partial charge in [0.05, 0.1) is 0 Å². The Morgan fingerprint density at radius 3 is 2.68 bits per heavy atom. The SMILES string of the molecule is O=C(O)CC1CCCN(C(=O)NC2CCOCC2)C1. The van der Waals surface area contributed by atoms with E-state index in [-0.39, 0.29) is 24.4 Å². The van der Waals surface area contributed by atoms with Crippen LogP contribution in [0.25, 0.3) is 0 Å². The van der Waals surface area contributed by atoms with Crippen molar-refractivity contribution in [1.82, 2.24) is 10.2 Å². The number of rotatable bonds is 3. The lowest BCUT2D eigenvalue weighted by Crippen LogP contribution is -2.50. The van der Waals surface area contributed by atoms with E-state index in [1.54, 1.807) is 4.90 Å². The first-order valence-electron chi connectivity index (χ1n) is 7.00. The van der Waals surface area contributed by atoms with Gasteiger partial charge in [-0.25, -0.2) is 4.79 Å². The van der Waals surface area contributed by atoms with E-state index in [1.165, 1.54) is 0 Å². The third-order valence-electron chi connectivity index (χ3n) is 3.82. The zero-order valence-electron chi connectivity index (χ0n) is 11.1. The number of hydrogen-bond acceptors (Lipinski definition) is 3. The predicted molar refractivity (Wildman–Crippen MR) is 68.9 cm³/mol. The fourth-order valence-corrected chi connectivity index (χ4v) is 2.77. The van der Waals surface area contributed by atoms with E-state index in [9.17, 15) is 9.59 Å². The van der Waals surface area contributed by atoms with Crippen LogP contribution in [0.2, 0.25) is 0 Å². The third kappa shape index (κ3) is 4.38. The molecule has 2 N–H and O–H groups in total. The van der Waals surface area contributed by atoms with Gasteiger partial charge < -0.3 is 20.1 Å². The molecule has 108 valence electrons. The number of urea groups is 1. The summed E-state index contributed by atoms with van der Waals surface area (Å²) < 4.78 is 5.26. The molecule has 2 aliphatic rings. The molecule has 19 heavy (non-hydrogen) atoms. The van der Waals surface area contributed by atoms with Crippen LogP contribution in [0.15, 0.2) is 0 Å². The highest BCUT2D eigenvalue weighted by Gasteiger charge is 2.26. The van der Waals surface area contributed by atoms with Gasteiger partial charge in [0.15, 0.2) is 0 Å². The summed E-state index contributed by atoms with van der Waals surface area (Å²) in [5.41, 5.74) is 0. The average molecular weight is 270 g/mol. The molecule has 0 aliphatic carbocycles. The Hall–Kier alpha value is -1.30. The Labute approximate surface area is 113 Å². The maximum absolute atomic E-state index is 12.1. The molecule has 0 aromatic carbocycles. The first kappa shape index (κ1) is 14.1. The van der Waals surface area contributed by atoms with Crippen LogP contribution in [0.3, 0.4) is 0 Å². The molecular weight excluding hydrogens is 248 g/mol. The molecule has 6 heteroatoms. The topological polar surface area (TPSA) is 78.9 Å². The van der Waals surface area contributed by atoms with E-state index < -0.39 is 5.97 Å². The number of likely N-dealkylation sites (tertiary alicyclic amines) is 1. The lowest BCUT2D eigenvalue weighted by atomic mass is 9.95. The molecule has 6 nitrogen and oxygen atoms in total. The van der Waals surface area contributed by atoms with E-state index in [4.69, 9.17) is 9.84 Å². The minimum Gasteiger partial charge on any atom is -0.481 e. The second kappa shape index (κ2) is 6.75. The Morgan fingerprint density at radius 2 is 2.00 bits per heavy atom. The van der Waals surface area contributed by atoms with Gasteiger partial charge in [-0.2, -0.15) is 0 Å². The quantitative estimate of drug-likeness (QED) is 0.803. The van der Waals surface area contributed by atoms with Gasteiger partial charge in [-0.3, -0.25) is 4.79 Å². The second-order valence-electron chi connectivity index (χ2n) is 5.39. The van der Waals surface area contributed by atoms with E-state index >= 15 is 0 Å². The Balaban J connectivity index is 1.79. The number of amides is 2. The molecule has 1 atom stereocenters. The average Bonchev–Trinajstić information content (AvgIpc) is 2.39. The summed E-state index contributed by atoms with van der Waals surface area (Å²) in [5, 5.41) is 11.8. The van der Waals surface area contributed by atoms with Crippen LogP contribution in [0.5, 0.6) is 0 Å². The number of piperidine rings is 1. The highest BCUT2D eigenvalue weighted by atomic mass is 16.5. The lowest BCUT2D eigenvalue weighted by molar-refractivity contribution is -0.138. The summed E-state index contributed by atoms with van der Waals surface area (Å²) in [6, 6.07) is 0.142. The molecule has 2 aliphatic heterocycles. The maximum Gasteiger partial charge on any atom is 0.317 e. The molecule has 0 saturated carbocycles. The van der Waals surface area contributed by atoms with Crippen LogP contribution in [0.1, 0.15) is 32.1 Å². The predicted octanol–water partition coefficient (Wildman–Crippen LogP) is 1.06. The van der Waals surface area contributed by atoms with E-state index in [0.717, 1.165) is 32.2 Å². The van der Waals surface area contributed by atoms with E-state index in [1.807, 2.05) is 0 Å². The number of aliphatic carboxylic acids is 1. The van der Waals surface area contributed by atoms with Crippen molar-refractivity contribution in [3.8, 4) is 0 Å². The van der Waals surface area contributed by atoms with Gasteiger partial charge in [0.2, 0.25) is 0 Å². The van der Waals surface area contributed by atoms with Gasteiger partial charge in [0.1, 0.15) is 0 Å². The van der Waals surface area contributed by atoms with Gasteiger partial charge in [-0.05, 0) is 31.6 Å². The largest absolute Gasteiger partial charge is 0.481 e. The molecule has 0 aromatic heterocycles. The van der Waals surface area contributed by atoms with Gasteiger partial charge in [0.25, 0.3) is 0 Å². The maximum atomic E-state index is 12.1. The molecule has 1 unspecified atom stereocenters. The molecule has 0 spiro atoms. The Morgan fingerprint density at radius 1 is 1.26 bits per heavy atom. The van der Waals surface area contributed by atoms with E-state index in [0.29, 0.717) is 19.8 Å². The van der Waals surface area contributed by atoms with Gasteiger partial charge >= 0.3 is 12.0 Å². The van der Waals surface area contributed by atoms with Crippen LogP contribution >= 0.6 is 0 Å². The van der Waals surface area contributed by atoms with Crippen molar-refractivity contribution >= 4 is 12.0 Å². The number of carboxylic acid groups (broad SMARTS) is 1. The molecule has 0 radical (unpaired) electrons. The summed E-state index contributed by atoms with van der Waals surface area (Å²) in [6.45, 7) is 2.69. The third-order valence-corrected chi connectivity index (χ3v) is 3.82. The molecule has 0 aromatic rings. The number of nitrogens with zero attached hydrogens (tertiary/aromatic N) is 1. The number of ether oxygens (including phenoxy) is 1. The van der Waals surface area contributed by atoms with Crippen molar-refractivity contribution in [2.24, 2.45) is 5.92 Å². The fourth-order valence-electron chi connectivity index (χ4n) is 2.77. The molecular formula is C13H22N2O4. The second-order valence-corrected chi connectivity index (χ2v) is 5.39. The molecule has 2 heterocycles. The smallest absolute Gasteiger partial charge is 0.317 e. The summed E-state index contributed by atoms with van der Waals surface area (Å²) in [4.78, 5) is 24.6. The minimum atomic E-state index is -0.781. The van der Waals surface area contributed by atoms with Crippen LogP contribution in [0.4, 0.5) is 4.79 Å². The normalized spacial score (nSPS) is 25.1. The Kier molecular flexibility index (Phi) is 5.01. The minimum absolute atomic E-state index is 0.0537. The van der Waals surface area contributed by atoms with Crippen LogP contribution in [-0.4, -0.2) is 54.4 Å². The number of carbonyl (C=O) groups is 2. The molecule has 0 bridgehead atoms. The molecule has 2 amide bonds. The Bertz CT molecular complexity index is 329. The van der Waals surface area contributed by atoms with Crippen molar-refractivity contribution in [3.63, 3.8) is 0 Å². The van der Waals surface area contributed by atoms with Crippen LogP contribution < -0.4 is 5.32 Å². The first-order valence-corrected chi connectivity index (χ1v) is 7.00. The number of carbonyl (C=O) groups excluding carboxylic acids is 1. The monoisotopic (exact) mass is 270 g/mol. The molecule has 2 fully saturated rings. The molecule has 2 saturated heterocycles. The van der Waals surface area contributed by atoms with E-state index in [2.05, 4.69) is 5.32 Å². The lowest BCUT2D eigenvalue weighted by Gasteiger charge is -2.34. The van der Waals surface area contributed by atoms with Crippen molar-refractivity contribution in [2.45, 2.75) is 38.1 Å². The number of hydrogen-bond donors (Lipinski definition) is 2. The van der Waals surface area contributed by atoms with Gasteiger partial charge in [0, 0.05) is 38.8 Å². The summed E-state index contributed by atoms with van der Waals surface area (Å²) >= 11 is 0. The summed E-state index contributed by atoms with van der Waals surface area (Å²) in [7, 11) is 0. The number of carboxylic acids is 1. The standard InChI is InChI=1S/C13H22N2O4/c16-12(17)8-10-2-1-5-15(9-10)13(18)14-11-3-6-19-7-4-11/h10-11H,1-9H2,(H,14,18)(H,16,17). The zero-order valence-corrected chi connectivity index (χ0v) is 11.1. The first-order chi connectivity index (χ1) is 9.15. The zero-order chi connectivity index (χ0) is 13.7.